The second-order valence-electron chi connectivity index (χ2n) is 5.72. The van der Waals surface area contributed by atoms with Gasteiger partial charge in [0.1, 0.15) is 5.03 Å². The van der Waals surface area contributed by atoms with Crippen molar-refractivity contribution in [2.75, 3.05) is 5.88 Å². The van der Waals surface area contributed by atoms with E-state index < -0.39 is 28.0 Å². The van der Waals surface area contributed by atoms with Crippen molar-refractivity contribution in [3.05, 3.63) is 11.1 Å². The fourth-order valence-corrected chi connectivity index (χ4v) is 2.34. The molecule has 21 heavy (non-hydrogen) atoms. The Bertz CT molecular complexity index is 388. The zero-order valence-electron chi connectivity index (χ0n) is 12.4. The van der Waals surface area contributed by atoms with Crippen LogP contribution in [0.15, 0.2) is 11.1 Å². The lowest BCUT2D eigenvalue weighted by Gasteiger charge is -2.12. The van der Waals surface area contributed by atoms with Crippen molar-refractivity contribution in [1.29, 1.82) is 0 Å². The topological polar surface area (TPSA) is 37.3 Å². The van der Waals surface area contributed by atoms with Gasteiger partial charge in [0.15, 0.2) is 0 Å². The molecule has 124 valence electrons. The van der Waals surface area contributed by atoms with Crippen molar-refractivity contribution >= 4 is 29.2 Å². The zero-order valence-corrected chi connectivity index (χ0v) is 13.9. The number of carbonyl (C=O) groups is 1. The summed E-state index contributed by atoms with van der Waals surface area (Å²) in [7, 11) is 0. The van der Waals surface area contributed by atoms with Gasteiger partial charge in [-0.25, -0.2) is 0 Å². The van der Waals surface area contributed by atoms with Gasteiger partial charge in [0.2, 0.25) is 0 Å². The van der Waals surface area contributed by atoms with Gasteiger partial charge in [-0.3, -0.25) is 4.79 Å². The third kappa shape index (κ3) is 5.70. The molecule has 0 saturated heterocycles. The summed E-state index contributed by atoms with van der Waals surface area (Å²) in [5.74, 6) is -0.441. The standard InChI is InChI=1S/C9H10ClF3O2.C5H11Cl/c1-7(2)4-8(7,6(14)15)3-5(10)9(11,12)13;1-2-3-4-5-6/h3H,4H2,1-2H3,(H,14,15);2-5H2,1H3. The van der Waals surface area contributed by atoms with Crippen LogP contribution in [-0.4, -0.2) is 23.1 Å². The van der Waals surface area contributed by atoms with E-state index in [4.69, 9.17) is 28.3 Å². The van der Waals surface area contributed by atoms with E-state index >= 15 is 0 Å². The monoisotopic (exact) mass is 348 g/mol. The fraction of sp³-hybridized carbons (Fsp3) is 0.786. The minimum atomic E-state index is -4.68. The molecule has 0 aromatic heterocycles. The van der Waals surface area contributed by atoms with Gasteiger partial charge in [-0.2, -0.15) is 13.2 Å². The molecule has 1 N–H and O–H groups in total. The van der Waals surface area contributed by atoms with Crippen molar-refractivity contribution in [3.8, 4) is 0 Å². The number of unbranched alkanes of at least 4 members (excludes halogenated alkanes) is 2. The molecule has 1 aliphatic carbocycles. The highest BCUT2D eigenvalue weighted by molar-refractivity contribution is 6.30. The fourth-order valence-electron chi connectivity index (χ4n) is 1.97. The summed E-state index contributed by atoms with van der Waals surface area (Å²) in [6.45, 7) is 5.36. The molecule has 0 aromatic carbocycles. The lowest BCUT2D eigenvalue weighted by Crippen LogP contribution is -2.20. The van der Waals surface area contributed by atoms with Crippen LogP contribution >= 0.6 is 23.2 Å². The molecule has 0 aromatic rings. The molecule has 0 heterocycles. The average molecular weight is 349 g/mol. The van der Waals surface area contributed by atoms with Gasteiger partial charge in [0.05, 0.1) is 5.41 Å². The summed E-state index contributed by atoms with van der Waals surface area (Å²) in [6.07, 6.45) is -0.171. The first-order chi connectivity index (χ1) is 9.44. The van der Waals surface area contributed by atoms with E-state index in [2.05, 4.69) is 6.92 Å². The first-order valence-corrected chi connectivity index (χ1v) is 7.60. The van der Waals surface area contributed by atoms with Crippen molar-refractivity contribution < 1.29 is 23.1 Å². The first-order valence-electron chi connectivity index (χ1n) is 6.69. The average Bonchev–Trinajstić information content (AvgIpc) is 2.89. The molecular weight excluding hydrogens is 328 g/mol. The smallest absolute Gasteiger partial charge is 0.426 e. The number of halogens is 5. The van der Waals surface area contributed by atoms with Crippen LogP contribution in [0.1, 0.15) is 46.5 Å². The Balaban J connectivity index is 0.000000567. The van der Waals surface area contributed by atoms with Gasteiger partial charge in [-0.1, -0.05) is 45.2 Å². The third-order valence-corrected chi connectivity index (χ3v) is 4.16. The van der Waals surface area contributed by atoms with Crippen molar-refractivity contribution in [2.45, 2.75) is 52.6 Å². The Morgan fingerprint density at radius 2 is 1.81 bits per heavy atom. The molecule has 0 amide bonds. The van der Waals surface area contributed by atoms with E-state index in [1.54, 1.807) is 13.8 Å². The number of alkyl halides is 4. The molecule has 1 atom stereocenters. The van der Waals surface area contributed by atoms with Crippen LogP contribution in [-0.2, 0) is 4.79 Å². The van der Waals surface area contributed by atoms with Gasteiger partial charge in [0.25, 0.3) is 0 Å². The summed E-state index contributed by atoms with van der Waals surface area (Å²) < 4.78 is 36.4. The molecule has 1 saturated carbocycles. The van der Waals surface area contributed by atoms with Crippen LogP contribution in [0, 0.1) is 10.8 Å². The number of carboxylic acids is 1. The SMILES string of the molecule is CC1(C)CC1(C=C(Cl)C(F)(F)F)C(=O)O.CCCCCCl. The normalized spacial score (nSPS) is 24.1. The zero-order chi connectivity index (χ0) is 16.9. The van der Waals surface area contributed by atoms with E-state index in [0.29, 0.717) is 6.08 Å². The minimum Gasteiger partial charge on any atom is -0.481 e. The molecule has 0 radical (unpaired) electrons. The van der Waals surface area contributed by atoms with Crippen LogP contribution in [0.3, 0.4) is 0 Å². The second-order valence-corrected chi connectivity index (χ2v) is 6.51. The van der Waals surface area contributed by atoms with E-state index in [-0.39, 0.29) is 6.42 Å². The molecular formula is C14H21Cl2F3O2. The van der Waals surface area contributed by atoms with Gasteiger partial charge in [-0.05, 0) is 24.3 Å². The van der Waals surface area contributed by atoms with Crippen LogP contribution in [0.25, 0.3) is 0 Å². The number of hydrogen-bond acceptors (Lipinski definition) is 1. The summed E-state index contributed by atoms with van der Waals surface area (Å²) in [5.41, 5.74) is -2.15. The predicted octanol–water partition coefficient (Wildman–Crippen LogP) is 5.59. The number of aliphatic carboxylic acids is 1. The lowest BCUT2D eigenvalue weighted by molar-refractivity contribution is -0.142. The van der Waals surface area contributed by atoms with E-state index in [9.17, 15) is 18.0 Å². The Morgan fingerprint density at radius 3 is 2.00 bits per heavy atom. The molecule has 1 unspecified atom stereocenters. The highest BCUT2D eigenvalue weighted by Gasteiger charge is 2.66. The van der Waals surface area contributed by atoms with Crippen molar-refractivity contribution in [2.24, 2.45) is 10.8 Å². The van der Waals surface area contributed by atoms with Crippen molar-refractivity contribution in [3.63, 3.8) is 0 Å². The maximum Gasteiger partial charge on any atom is 0.426 e. The second kappa shape index (κ2) is 7.73. The quantitative estimate of drug-likeness (QED) is 0.519. The number of carboxylic acid groups (broad SMARTS) is 1. The highest BCUT2D eigenvalue weighted by Crippen LogP contribution is 2.65. The molecule has 0 bridgehead atoms. The minimum absolute atomic E-state index is 0.168. The number of rotatable bonds is 5. The molecule has 0 aliphatic heterocycles. The van der Waals surface area contributed by atoms with E-state index in [1.807, 2.05) is 0 Å². The summed E-state index contributed by atoms with van der Waals surface area (Å²) in [5, 5.41) is 7.52. The van der Waals surface area contributed by atoms with Crippen LogP contribution < -0.4 is 0 Å². The van der Waals surface area contributed by atoms with Gasteiger partial charge in [0, 0.05) is 5.88 Å². The Labute approximate surface area is 133 Å². The molecule has 1 aliphatic rings. The Hall–Kier alpha value is -0.420. The summed E-state index contributed by atoms with van der Waals surface area (Å²) in [4.78, 5) is 10.9. The molecule has 2 nitrogen and oxygen atoms in total. The summed E-state index contributed by atoms with van der Waals surface area (Å²) >= 11 is 10.4. The maximum absolute atomic E-state index is 12.1. The van der Waals surface area contributed by atoms with E-state index in [1.165, 1.54) is 19.3 Å². The van der Waals surface area contributed by atoms with Crippen LogP contribution in [0.2, 0.25) is 0 Å². The summed E-state index contributed by atoms with van der Waals surface area (Å²) in [6, 6.07) is 0. The van der Waals surface area contributed by atoms with Crippen LogP contribution in [0.4, 0.5) is 13.2 Å². The largest absolute Gasteiger partial charge is 0.481 e. The van der Waals surface area contributed by atoms with Crippen molar-refractivity contribution in [1.82, 2.24) is 0 Å². The first kappa shape index (κ1) is 20.6. The molecule has 7 heteroatoms. The molecule has 1 fully saturated rings. The lowest BCUT2D eigenvalue weighted by atomic mass is 9.95. The predicted molar refractivity (Wildman–Crippen MR) is 78.7 cm³/mol. The van der Waals surface area contributed by atoms with Gasteiger partial charge in [-0.15, -0.1) is 11.6 Å². The van der Waals surface area contributed by atoms with Crippen LogP contribution in [0.5, 0.6) is 0 Å². The number of allylic oxidation sites excluding steroid dienone is 1. The van der Waals surface area contributed by atoms with E-state index in [0.717, 1.165) is 5.88 Å². The molecule has 0 spiro atoms. The Kier molecular flexibility index (Phi) is 7.57. The van der Waals surface area contributed by atoms with Gasteiger partial charge >= 0.3 is 12.1 Å². The number of hydrogen-bond donors (Lipinski definition) is 1. The molecule has 1 rings (SSSR count). The van der Waals surface area contributed by atoms with Gasteiger partial charge < -0.3 is 5.11 Å². The highest BCUT2D eigenvalue weighted by atomic mass is 35.5. The third-order valence-electron chi connectivity index (χ3n) is 3.57. The maximum atomic E-state index is 12.1. The Morgan fingerprint density at radius 1 is 1.33 bits per heavy atom.